The van der Waals surface area contributed by atoms with E-state index < -0.39 is 0 Å². The van der Waals surface area contributed by atoms with Gasteiger partial charge in [0.05, 0.1) is 16.6 Å². The predicted molar refractivity (Wildman–Crippen MR) is 166 cm³/mol. The average molecular weight is 549 g/mol. The molecule has 0 unspecified atom stereocenters. The van der Waals surface area contributed by atoms with Crippen LogP contribution in [0, 0.1) is 0 Å². The van der Waals surface area contributed by atoms with E-state index in [1.165, 1.54) is 38.7 Å². The van der Waals surface area contributed by atoms with Crippen LogP contribution < -0.4 is 10.6 Å². The molecule has 0 amide bonds. The van der Waals surface area contributed by atoms with Gasteiger partial charge < -0.3 is 8.98 Å². The maximum atomic E-state index is 6.35. The lowest BCUT2D eigenvalue weighted by Crippen LogP contribution is -2.30. The summed E-state index contributed by atoms with van der Waals surface area (Å²) in [7, 11) is 0. The second-order valence-electron chi connectivity index (χ2n) is 7.71. The van der Waals surface area contributed by atoms with Crippen molar-refractivity contribution in [1.82, 2.24) is 4.57 Å². The number of rotatable bonds is 1. The lowest BCUT2D eigenvalue weighted by atomic mass is 10.1. The number of para-hydroxylation sites is 2. The normalized spacial score (nSPS) is 11.2. The van der Waals surface area contributed by atoms with Gasteiger partial charge in [-0.3, -0.25) is 0 Å². The van der Waals surface area contributed by atoms with Crippen LogP contribution in [0.15, 0.2) is 69.6 Å². The number of fused-ring (bicyclic) bond motifs is 7. The number of benzene rings is 3. The second kappa shape index (κ2) is 14.7. The van der Waals surface area contributed by atoms with Gasteiger partial charge in [0.15, 0.2) is 0 Å². The van der Waals surface area contributed by atoms with E-state index in [4.69, 9.17) is 4.42 Å². The highest BCUT2D eigenvalue weighted by atomic mass is 79.9. The largest absolute Gasteiger partial charge is 0.455 e. The molecule has 2 nitrogen and oxygen atoms in total. The Bertz CT molecular complexity index is 1500. The molecular formula is C33H42BrNO. The molecule has 0 spiro atoms. The molecule has 0 saturated heterocycles. The zero-order chi connectivity index (χ0) is 26.7. The third-order valence-corrected chi connectivity index (χ3v) is 6.17. The molecule has 2 aromatic heterocycles. The van der Waals surface area contributed by atoms with E-state index in [2.05, 4.69) is 95.0 Å². The van der Waals surface area contributed by atoms with Crippen LogP contribution in [-0.2, 0) is 0 Å². The summed E-state index contributed by atoms with van der Waals surface area (Å²) in [5.74, 6) is 0. The standard InChI is InChI=1S/C24H16BrNO.C3H8.3C2H6/c25-18-9-3-5-11-20(18)26-19-10-4-1-8-17(19)23-21(26)14-13-16-15-7-2-6-12-22(15)27-24(16)23;1-3-2;3*1-2/h2-3,5-14H,1,4H2;3H2,1-2H3;3*1-2H3. The Kier molecular flexibility index (Phi) is 12.0. The Morgan fingerprint density at radius 3 is 2.06 bits per heavy atom. The highest BCUT2D eigenvalue weighted by molar-refractivity contribution is 9.10. The summed E-state index contributed by atoms with van der Waals surface area (Å²) >= 11 is 3.74. The van der Waals surface area contributed by atoms with Gasteiger partial charge in [-0.25, -0.2) is 0 Å². The van der Waals surface area contributed by atoms with E-state index in [-0.39, 0.29) is 0 Å². The third kappa shape index (κ3) is 5.62. The molecule has 0 fully saturated rings. The van der Waals surface area contributed by atoms with E-state index in [1.54, 1.807) is 0 Å². The van der Waals surface area contributed by atoms with Gasteiger partial charge >= 0.3 is 0 Å². The van der Waals surface area contributed by atoms with Crippen molar-refractivity contribution in [3.8, 4) is 5.69 Å². The number of hydrogen-bond acceptors (Lipinski definition) is 1. The lowest BCUT2D eigenvalue weighted by molar-refractivity contribution is 0.672. The highest BCUT2D eigenvalue weighted by Gasteiger charge is 2.18. The summed E-state index contributed by atoms with van der Waals surface area (Å²) in [6.45, 7) is 16.2. The van der Waals surface area contributed by atoms with Crippen molar-refractivity contribution in [1.29, 1.82) is 0 Å². The van der Waals surface area contributed by atoms with Crippen molar-refractivity contribution in [3.05, 3.63) is 75.7 Å². The van der Waals surface area contributed by atoms with Crippen LogP contribution in [0.1, 0.15) is 74.7 Å². The monoisotopic (exact) mass is 547 g/mol. The van der Waals surface area contributed by atoms with Crippen molar-refractivity contribution >= 4 is 60.9 Å². The molecule has 0 aliphatic heterocycles. The molecule has 1 aliphatic carbocycles. The summed E-state index contributed by atoms with van der Waals surface area (Å²) in [5.41, 5.74) is 4.28. The summed E-state index contributed by atoms with van der Waals surface area (Å²) in [4.78, 5) is 0. The average Bonchev–Trinajstić information content (AvgIpc) is 3.49. The van der Waals surface area contributed by atoms with Crippen LogP contribution in [0.3, 0.4) is 0 Å². The van der Waals surface area contributed by atoms with Crippen molar-refractivity contribution in [3.63, 3.8) is 0 Å². The molecule has 1 aliphatic rings. The molecule has 0 N–H and O–H groups in total. The van der Waals surface area contributed by atoms with Gasteiger partial charge in [0.2, 0.25) is 0 Å². The molecule has 6 rings (SSSR count). The number of halogens is 1. The van der Waals surface area contributed by atoms with Gasteiger partial charge in [-0.1, -0.05) is 104 Å². The van der Waals surface area contributed by atoms with Crippen LogP contribution in [0.4, 0.5) is 0 Å². The van der Waals surface area contributed by atoms with E-state index in [0.29, 0.717) is 0 Å². The first-order valence-corrected chi connectivity index (χ1v) is 14.4. The molecule has 5 aromatic rings. The van der Waals surface area contributed by atoms with E-state index in [9.17, 15) is 0 Å². The quantitative estimate of drug-likeness (QED) is 0.204. The van der Waals surface area contributed by atoms with Gasteiger partial charge in [-0.2, -0.15) is 0 Å². The minimum atomic E-state index is 0.946. The molecule has 3 aromatic carbocycles. The molecule has 3 heteroatoms. The molecule has 192 valence electrons. The maximum Gasteiger partial charge on any atom is 0.145 e. The Balaban J connectivity index is 0.000000457. The van der Waals surface area contributed by atoms with Crippen molar-refractivity contribution in [2.45, 2.75) is 74.7 Å². The summed E-state index contributed by atoms with van der Waals surface area (Å²) in [6, 6.07) is 21.1. The van der Waals surface area contributed by atoms with E-state index >= 15 is 0 Å². The maximum absolute atomic E-state index is 6.35. The van der Waals surface area contributed by atoms with Crippen LogP contribution in [0.25, 0.3) is 50.7 Å². The fourth-order valence-electron chi connectivity index (χ4n) is 4.35. The van der Waals surface area contributed by atoms with Crippen molar-refractivity contribution in [2.24, 2.45) is 0 Å². The van der Waals surface area contributed by atoms with E-state index in [0.717, 1.165) is 34.2 Å². The Morgan fingerprint density at radius 2 is 1.36 bits per heavy atom. The molecule has 0 bridgehead atoms. The fourth-order valence-corrected chi connectivity index (χ4v) is 4.81. The molecule has 0 radical (unpaired) electrons. The zero-order valence-electron chi connectivity index (χ0n) is 23.3. The van der Waals surface area contributed by atoms with Gasteiger partial charge in [-0.05, 0) is 59.1 Å². The molecule has 36 heavy (non-hydrogen) atoms. The van der Waals surface area contributed by atoms with Crippen LogP contribution in [0.2, 0.25) is 0 Å². The van der Waals surface area contributed by atoms with E-state index in [1.807, 2.05) is 53.7 Å². The van der Waals surface area contributed by atoms with Crippen LogP contribution >= 0.6 is 15.9 Å². The highest BCUT2D eigenvalue weighted by Crippen LogP contribution is 2.34. The first kappa shape index (κ1) is 29.5. The Labute approximate surface area is 225 Å². The second-order valence-corrected chi connectivity index (χ2v) is 8.57. The lowest BCUT2D eigenvalue weighted by Gasteiger charge is -2.09. The molecule has 0 saturated carbocycles. The Morgan fingerprint density at radius 1 is 0.750 bits per heavy atom. The van der Waals surface area contributed by atoms with Crippen LogP contribution in [-0.4, -0.2) is 4.57 Å². The molecule has 2 heterocycles. The first-order chi connectivity index (χ1) is 17.7. The summed E-state index contributed by atoms with van der Waals surface area (Å²) in [6.07, 6.45) is 8.09. The fraction of sp³-hybridized carbons (Fsp3) is 0.333. The smallest absolute Gasteiger partial charge is 0.145 e. The predicted octanol–water partition coefficient (Wildman–Crippen LogP) is 10.1. The van der Waals surface area contributed by atoms with Gasteiger partial charge in [0, 0.05) is 25.8 Å². The van der Waals surface area contributed by atoms with Crippen molar-refractivity contribution < 1.29 is 4.42 Å². The first-order valence-electron chi connectivity index (χ1n) is 13.6. The molecular weight excluding hydrogens is 506 g/mol. The Hall–Kier alpha value is -2.78. The number of nitrogens with zero attached hydrogens (tertiary/aromatic N) is 1. The number of furan rings is 1. The summed E-state index contributed by atoms with van der Waals surface area (Å²) in [5, 5.41) is 6.12. The van der Waals surface area contributed by atoms with Crippen molar-refractivity contribution in [2.75, 3.05) is 0 Å². The van der Waals surface area contributed by atoms with Gasteiger partial charge in [0.1, 0.15) is 11.2 Å². The van der Waals surface area contributed by atoms with Gasteiger partial charge in [0.25, 0.3) is 0 Å². The summed E-state index contributed by atoms with van der Waals surface area (Å²) < 4.78 is 9.80. The van der Waals surface area contributed by atoms with Gasteiger partial charge in [-0.15, -0.1) is 0 Å². The topological polar surface area (TPSA) is 18.1 Å². The minimum Gasteiger partial charge on any atom is -0.455 e. The zero-order valence-corrected chi connectivity index (χ0v) is 24.9. The minimum absolute atomic E-state index is 0.946. The molecule has 0 atom stereocenters. The number of hydrogen-bond donors (Lipinski definition) is 0. The van der Waals surface area contributed by atoms with Crippen LogP contribution in [0.5, 0.6) is 0 Å². The SMILES string of the molecule is Brc1ccccc1-n1c2c(c3c4oc5ccccc5c4ccc31)=CCCC=2.CC.CC.CC.CCC. The third-order valence-electron chi connectivity index (χ3n) is 5.50. The number of aromatic nitrogens is 1.